The molecule has 0 fully saturated rings. The van der Waals surface area contributed by atoms with E-state index >= 15 is 0 Å². The standard InChI is InChI=1S/C8H10N2O2/c1-6-4-3-5-8(10(6)12)9-7(2)11/h3-5,12H,1-2H3. The summed E-state index contributed by atoms with van der Waals surface area (Å²) in [6.45, 7) is 3.06. The maximum absolute atomic E-state index is 10.6. The second-order valence-corrected chi connectivity index (χ2v) is 2.47. The molecule has 0 radical (unpaired) electrons. The van der Waals surface area contributed by atoms with E-state index in [0.29, 0.717) is 5.69 Å². The molecule has 4 nitrogen and oxygen atoms in total. The zero-order valence-corrected chi connectivity index (χ0v) is 6.98. The van der Waals surface area contributed by atoms with Crippen LogP contribution in [0.3, 0.4) is 0 Å². The molecule has 0 unspecified atom stereocenters. The van der Waals surface area contributed by atoms with Crippen molar-refractivity contribution < 1.29 is 10.0 Å². The molecule has 0 aliphatic carbocycles. The molecular weight excluding hydrogens is 156 g/mol. The number of amides is 1. The number of nitrogens with zero attached hydrogens (tertiary/aromatic N) is 2. The predicted molar refractivity (Wildman–Crippen MR) is 42.6 cm³/mol. The van der Waals surface area contributed by atoms with Crippen LogP contribution in [-0.4, -0.2) is 15.8 Å². The lowest BCUT2D eigenvalue weighted by Gasteiger charge is -2.00. The fraction of sp³-hybridized carbons (Fsp3) is 0.250. The van der Waals surface area contributed by atoms with Gasteiger partial charge in [-0.25, -0.2) is 0 Å². The molecule has 1 amide bonds. The van der Waals surface area contributed by atoms with E-state index in [0.717, 1.165) is 4.73 Å². The molecule has 0 bridgehead atoms. The van der Waals surface area contributed by atoms with Gasteiger partial charge in [0, 0.05) is 6.92 Å². The molecule has 1 N–H and O–H groups in total. The van der Waals surface area contributed by atoms with E-state index in [1.54, 1.807) is 25.1 Å². The van der Waals surface area contributed by atoms with Crippen molar-refractivity contribution in [3.8, 4) is 0 Å². The van der Waals surface area contributed by atoms with Crippen LogP contribution >= 0.6 is 0 Å². The molecule has 1 aromatic rings. The third-order valence-electron chi connectivity index (χ3n) is 1.41. The Hall–Kier alpha value is -1.58. The topological polar surface area (TPSA) is 54.6 Å². The van der Waals surface area contributed by atoms with Crippen LogP contribution in [-0.2, 0) is 4.79 Å². The zero-order chi connectivity index (χ0) is 9.14. The van der Waals surface area contributed by atoms with E-state index in [1.807, 2.05) is 0 Å². The van der Waals surface area contributed by atoms with Gasteiger partial charge in [0.25, 0.3) is 0 Å². The minimum Gasteiger partial charge on any atom is -0.427 e. The molecule has 64 valence electrons. The van der Waals surface area contributed by atoms with Crippen molar-refractivity contribution in [2.75, 3.05) is 0 Å². The lowest BCUT2D eigenvalue weighted by Crippen LogP contribution is -2.21. The van der Waals surface area contributed by atoms with Crippen molar-refractivity contribution in [1.29, 1.82) is 0 Å². The summed E-state index contributed by atoms with van der Waals surface area (Å²) in [5.74, 6) is -0.330. The lowest BCUT2D eigenvalue weighted by molar-refractivity contribution is -0.116. The minimum atomic E-state index is -0.330. The second-order valence-electron chi connectivity index (χ2n) is 2.47. The molecule has 4 heteroatoms. The van der Waals surface area contributed by atoms with Crippen LogP contribution in [0.25, 0.3) is 0 Å². The summed E-state index contributed by atoms with van der Waals surface area (Å²) in [4.78, 5) is 14.2. The highest BCUT2D eigenvalue weighted by Crippen LogP contribution is 1.88. The largest absolute Gasteiger partial charge is 0.427 e. The van der Waals surface area contributed by atoms with Gasteiger partial charge in [0.15, 0.2) is 5.49 Å². The SMILES string of the molecule is CC(=O)N=c1cccc(C)n1O. The van der Waals surface area contributed by atoms with Crippen LogP contribution < -0.4 is 5.49 Å². The molecule has 0 saturated heterocycles. The number of carbonyl (C=O) groups is 1. The Labute approximate surface area is 69.8 Å². The number of pyridine rings is 1. The molecule has 12 heavy (non-hydrogen) atoms. The van der Waals surface area contributed by atoms with Crippen molar-refractivity contribution in [2.24, 2.45) is 4.99 Å². The Morgan fingerprint density at radius 1 is 1.58 bits per heavy atom. The molecule has 0 saturated carbocycles. The molecule has 0 aliphatic rings. The fourth-order valence-corrected chi connectivity index (χ4v) is 0.841. The first kappa shape index (κ1) is 8.52. The van der Waals surface area contributed by atoms with Gasteiger partial charge in [-0.2, -0.15) is 9.72 Å². The summed E-state index contributed by atoms with van der Waals surface area (Å²) in [5, 5.41) is 9.32. The number of aromatic nitrogens is 1. The minimum absolute atomic E-state index is 0.252. The molecule has 0 aliphatic heterocycles. The highest BCUT2D eigenvalue weighted by Gasteiger charge is 1.93. The Kier molecular flexibility index (Phi) is 2.28. The number of hydrogen-bond donors (Lipinski definition) is 1. The number of carbonyl (C=O) groups excluding carboxylic acids is 1. The van der Waals surface area contributed by atoms with E-state index in [1.165, 1.54) is 6.92 Å². The molecule has 0 spiro atoms. The van der Waals surface area contributed by atoms with Crippen LogP contribution in [0.4, 0.5) is 0 Å². The Bertz CT molecular complexity index is 366. The average Bonchev–Trinajstić information content (AvgIpc) is 1.98. The first-order valence-electron chi connectivity index (χ1n) is 3.54. The summed E-state index contributed by atoms with van der Waals surface area (Å²) < 4.78 is 0.876. The lowest BCUT2D eigenvalue weighted by atomic mass is 10.4. The van der Waals surface area contributed by atoms with Crippen LogP contribution in [0, 0.1) is 6.92 Å². The van der Waals surface area contributed by atoms with E-state index in [4.69, 9.17) is 0 Å². The third-order valence-corrected chi connectivity index (χ3v) is 1.41. The van der Waals surface area contributed by atoms with E-state index < -0.39 is 0 Å². The Morgan fingerprint density at radius 3 is 2.83 bits per heavy atom. The first-order valence-corrected chi connectivity index (χ1v) is 3.54. The van der Waals surface area contributed by atoms with Crippen LogP contribution in [0.1, 0.15) is 12.6 Å². The molecular formula is C8H10N2O2. The second kappa shape index (κ2) is 3.21. The van der Waals surface area contributed by atoms with Gasteiger partial charge < -0.3 is 5.21 Å². The molecule has 1 aromatic heterocycles. The predicted octanol–water partition coefficient (Wildman–Crippen LogP) is 0.481. The van der Waals surface area contributed by atoms with Gasteiger partial charge in [0.1, 0.15) is 0 Å². The number of rotatable bonds is 0. The molecule has 0 atom stereocenters. The highest BCUT2D eigenvalue weighted by atomic mass is 16.5. The summed E-state index contributed by atoms with van der Waals surface area (Å²) in [6, 6.07) is 5.01. The van der Waals surface area contributed by atoms with Gasteiger partial charge >= 0.3 is 0 Å². The summed E-state index contributed by atoms with van der Waals surface area (Å²) in [7, 11) is 0. The highest BCUT2D eigenvalue weighted by molar-refractivity contribution is 5.73. The summed E-state index contributed by atoms with van der Waals surface area (Å²) >= 11 is 0. The normalized spacial score (nSPS) is 11.7. The van der Waals surface area contributed by atoms with Crippen LogP contribution in [0.2, 0.25) is 0 Å². The van der Waals surface area contributed by atoms with E-state index in [2.05, 4.69) is 4.99 Å². The smallest absolute Gasteiger partial charge is 0.244 e. The van der Waals surface area contributed by atoms with Crippen molar-refractivity contribution in [2.45, 2.75) is 13.8 Å². The van der Waals surface area contributed by atoms with Gasteiger partial charge in [-0.3, -0.25) is 4.79 Å². The average molecular weight is 166 g/mol. The summed E-state index contributed by atoms with van der Waals surface area (Å²) in [5.41, 5.74) is 0.889. The summed E-state index contributed by atoms with van der Waals surface area (Å²) in [6.07, 6.45) is 0. The van der Waals surface area contributed by atoms with Gasteiger partial charge in [-0.05, 0) is 19.1 Å². The Morgan fingerprint density at radius 2 is 2.25 bits per heavy atom. The van der Waals surface area contributed by atoms with Gasteiger partial charge in [-0.1, -0.05) is 6.07 Å². The molecule has 1 rings (SSSR count). The van der Waals surface area contributed by atoms with Gasteiger partial charge in [0.05, 0.1) is 5.69 Å². The van der Waals surface area contributed by atoms with Crippen molar-refractivity contribution in [3.63, 3.8) is 0 Å². The first-order chi connectivity index (χ1) is 5.61. The van der Waals surface area contributed by atoms with Crippen molar-refractivity contribution in [3.05, 3.63) is 29.4 Å². The monoisotopic (exact) mass is 166 g/mol. The van der Waals surface area contributed by atoms with Gasteiger partial charge in [-0.15, -0.1) is 0 Å². The molecule has 1 heterocycles. The number of hydrogen-bond acceptors (Lipinski definition) is 2. The van der Waals surface area contributed by atoms with Gasteiger partial charge in [0.2, 0.25) is 5.91 Å². The van der Waals surface area contributed by atoms with Crippen molar-refractivity contribution >= 4 is 5.91 Å². The van der Waals surface area contributed by atoms with E-state index in [9.17, 15) is 10.0 Å². The maximum Gasteiger partial charge on any atom is 0.244 e. The van der Waals surface area contributed by atoms with Crippen molar-refractivity contribution in [1.82, 2.24) is 4.73 Å². The molecule has 0 aromatic carbocycles. The van der Waals surface area contributed by atoms with Crippen LogP contribution in [0.15, 0.2) is 23.2 Å². The van der Waals surface area contributed by atoms with Crippen LogP contribution in [0.5, 0.6) is 0 Å². The quantitative estimate of drug-likeness (QED) is 0.570. The maximum atomic E-state index is 10.6. The van der Waals surface area contributed by atoms with E-state index in [-0.39, 0.29) is 11.4 Å². The third kappa shape index (κ3) is 1.72. The fourth-order valence-electron chi connectivity index (χ4n) is 0.841. The Balaban J connectivity index is 3.35. The zero-order valence-electron chi connectivity index (χ0n) is 6.98. The number of aryl methyl sites for hydroxylation is 1.